The molecular formula is C21H22ClN3O7S. The molecule has 0 unspecified atom stereocenters. The molecule has 0 aliphatic carbocycles. The molecule has 1 aromatic heterocycles. The number of hydrogen-bond acceptors (Lipinski definition) is 7. The van der Waals surface area contributed by atoms with Crippen molar-refractivity contribution in [3.8, 4) is 0 Å². The summed E-state index contributed by atoms with van der Waals surface area (Å²) in [6.45, 7) is 1.38. The number of carbonyl (C=O) groups is 2. The van der Waals surface area contributed by atoms with Gasteiger partial charge in [-0.15, -0.1) is 0 Å². The van der Waals surface area contributed by atoms with Gasteiger partial charge < -0.3 is 14.5 Å². The number of fused-ring (bicyclic) bond motifs is 1. The third kappa shape index (κ3) is 5.62. The summed E-state index contributed by atoms with van der Waals surface area (Å²) in [4.78, 5) is 36.7. The van der Waals surface area contributed by atoms with Crippen molar-refractivity contribution in [2.45, 2.75) is 30.9 Å². The monoisotopic (exact) mass is 495 g/mol. The lowest BCUT2D eigenvalue weighted by atomic mass is 10.3. The molecule has 33 heavy (non-hydrogen) atoms. The van der Waals surface area contributed by atoms with Gasteiger partial charge in [0.2, 0.25) is 10.0 Å². The molecule has 0 aliphatic heterocycles. The van der Waals surface area contributed by atoms with Crippen LogP contribution in [-0.4, -0.2) is 49.4 Å². The van der Waals surface area contributed by atoms with E-state index in [0.29, 0.717) is 16.1 Å². The molecule has 0 fully saturated rings. The Kier molecular flexibility index (Phi) is 7.25. The molecule has 176 valence electrons. The number of hydrogen-bond donors (Lipinski definition) is 1. The Balaban J connectivity index is 1.60. The van der Waals surface area contributed by atoms with Gasteiger partial charge >= 0.3 is 11.7 Å². The highest BCUT2D eigenvalue weighted by Gasteiger charge is 2.21. The molecule has 0 bridgehead atoms. The van der Waals surface area contributed by atoms with Crippen molar-refractivity contribution in [1.82, 2.24) is 8.87 Å². The van der Waals surface area contributed by atoms with Crippen LogP contribution in [0.15, 0.2) is 56.6 Å². The topological polar surface area (TPSA) is 128 Å². The van der Waals surface area contributed by atoms with E-state index in [1.54, 1.807) is 12.1 Å². The predicted molar refractivity (Wildman–Crippen MR) is 122 cm³/mol. The van der Waals surface area contributed by atoms with Crippen molar-refractivity contribution in [3.05, 3.63) is 58.0 Å². The lowest BCUT2D eigenvalue weighted by Crippen LogP contribution is -2.30. The summed E-state index contributed by atoms with van der Waals surface area (Å²) in [6.07, 6.45) is -1.33. The highest BCUT2D eigenvalue weighted by molar-refractivity contribution is 7.89. The second-order valence-corrected chi connectivity index (χ2v) is 9.91. The Labute approximate surface area is 194 Å². The lowest BCUT2D eigenvalue weighted by Gasteiger charge is -2.15. The van der Waals surface area contributed by atoms with Gasteiger partial charge in [-0.3, -0.25) is 14.2 Å². The fourth-order valence-corrected chi connectivity index (χ4v) is 4.06. The number of carbonyl (C=O) groups excluding carboxylic acids is 2. The van der Waals surface area contributed by atoms with Crippen LogP contribution in [0.4, 0.5) is 5.69 Å². The van der Waals surface area contributed by atoms with Crippen LogP contribution in [0.2, 0.25) is 5.02 Å². The Morgan fingerprint density at radius 3 is 2.64 bits per heavy atom. The maximum Gasteiger partial charge on any atom is 0.419 e. The van der Waals surface area contributed by atoms with Gasteiger partial charge in [0.25, 0.3) is 5.91 Å². The Morgan fingerprint density at radius 1 is 1.21 bits per heavy atom. The zero-order chi connectivity index (χ0) is 24.3. The van der Waals surface area contributed by atoms with Gasteiger partial charge in [0, 0.05) is 37.4 Å². The summed E-state index contributed by atoms with van der Waals surface area (Å²) in [6, 6.07) is 10.4. The molecule has 12 heteroatoms. The van der Waals surface area contributed by atoms with Gasteiger partial charge in [0.1, 0.15) is 0 Å². The number of rotatable bonds is 8. The first kappa shape index (κ1) is 24.5. The summed E-state index contributed by atoms with van der Waals surface area (Å²) < 4.78 is 37.1. The van der Waals surface area contributed by atoms with E-state index in [4.69, 9.17) is 20.8 Å². The molecule has 0 aliphatic rings. The number of sulfonamides is 1. The third-order valence-corrected chi connectivity index (χ3v) is 6.77. The number of anilines is 1. The lowest BCUT2D eigenvalue weighted by molar-refractivity contribution is -0.153. The minimum atomic E-state index is -3.67. The first-order valence-electron chi connectivity index (χ1n) is 9.81. The number of aromatic nitrogens is 1. The van der Waals surface area contributed by atoms with Crippen LogP contribution >= 0.6 is 11.6 Å². The van der Waals surface area contributed by atoms with Crippen molar-refractivity contribution in [3.63, 3.8) is 0 Å². The van der Waals surface area contributed by atoms with Crippen molar-refractivity contribution < 1.29 is 27.2 Å². The van der Waals surface area contributed by atoms with Crippen molar-refractivity contribution in [1.29, 1.82) is 0 Å². The smallest absolute Gasteiger partial charge is 0.419 e. The van der Waals surface area contributed by atoms with Crippen molar-refractivity contribution >= 4 is 50.3 Å². The van der Waals surface area contributed by atoms with E-state index in [9.17, 15) is 22.8 Å². The summed E-state index contributed by atoms with van der Waals surface area (Å²) in [5, 5.41) is 2.93. The number of nitrogens with zero attached hydrogens (tertiary/aromatic N) is 2. The number of halogens is 1. The van der Waals surface area contributed by atoms with Crippen molar-refractivity contribution in [2.75, 3.05) is 19.4 Å². The fraction of sp³-hybridized carbons (Fsp3) is 0.286. The number of benzene rings is 2. The van der Waals surface area contributed by atoms with Gasteiger partial charge in [-0.1, -0.05) is 17.7 Å². The van der Waals surface area contributed by atoms with E-state index in [2.05, 4.69) is 5.32 Å². The Bertz CT molecular complexity index is 1360. The molecular weight excluding hydrogens is 474 g/mol. The minimum absolute atomic E-state index is 0.00835. The Morgan fingerprint density at radius 2 is 1.94 bits per heavy atom. The van der Waals surface area contributed by atoms with Crippen LogP contribution in [0.25, 0.3) is 11.1 Å². The van der Waals surface area contributed by atoms with E-state index in [-0.39, 0.29) is 23.5 Å². The van der Waals surface area contributed by atoms with E-state index < -0.39 is 33.8 Å². The van der Waals surface area contributed by atoms with E-state index in [1.165, 1.54) is 55.9 Å². The largest absolute Gasteiger partial charge is 0.452 e. The summed E-state index contributed by atoms with van der Waals surface area (Å²) in [5.41, 5.74) is 1.02. The standard InChI is InChI=1S/C21H22ClN3O7S/c1-13(20(27)23-15-5-4-6-16(12-15)33(29,30)24(2)3)31-19(26)9-10-25-17-8-7-14(22)11-18(17)32-21(25)28/h4-8,11-13H,9-10H2,1-3H3,(H,23,27)/t13-/m0/s1. The zero-order valence-corrected chi connectivity index (χ0v) is 19.6. The molecule has 3 rings (SSSR count). The van der Waals surface area contributed by atoms with Gasteiger partial charge in [0.15, 0.2) is 11.7 Å². The molecule has 0 radical (unpaired) electrons. The third-order valence-electron chi connectivity index (χ3n) is 4.73. The van der Waals surface area contributed by atoms with Crippen LogP contribution in [0.5, 0.6) is 0 Å². The van der Waals surface area contributed by atoms with E-state index in [0.717, 1.165) is 4.31 Å². The molecule has 0 spiro atoms. The SMILES string of the molecule is C[C@H](OC(=O)CCn1c(=O)oc2cc(Cl)ccc21)C(=O)Nc1cccc(S(=O)(=O)N(C)C)c1. The quantitative estimate of drug-likeness (QED) is 0.475. The second kappa shape index (κ2) is 9.77. The molecule has 0 saturated carbocycles. The number of oxazole rings is 1. The van der Waals surface area contributed by atoms with Crippen LogP contribution in [0.1, 0.15) is 13.3 Å². The Hall–Kier alpha value is -3.15. The van der Waals surface area contributed by atoms with E-state index in [1.807, 2.05) is 0 Å². The number of esters is 1. The summed E-state index contributed by atoms with van der Waals surface area (Å²) in [5.74, 6) is -1.97. The fourth-order valence-electron chi connectivity index (χ4n) is 2.95. The normalized spacial score (nSPS) is 12.6. The van der Waals surface area contributed by atoms with Gasteiger partial charge in [-0.2, -0.15) is 0 Å². The molecule has 1 heterocycles. The second-order valence-electron chi connectivity index (χ2n) is 7.32. The molecule has 0 saturated heterocycles. The highest BCUT2D eigenvalue weighted by Crippen LogP contribution is 2.20. The maximum atomic E-state index is 12.4. The zero-order valence-electron chi connectivity index (χ0n) is 18.1. The minimum Gasteiger partial charge on any atom is -0.452 e. The first-order valence-corrected chi connectivity index (χ1v) is 11.6. The predicted octanol–water partition coefficient (Wildman–Crippen LogP) is 2.46. The number of ether oxygens (including phenoxy) is 1. The maximum absolute atomic E-state index is 12.4. The number of aryl methyl sites for hydroxylation is 1. The summed E-state index contributed by atoms with van der Waals surface area (Å²) >= 11 is 5.88. The van der Waals surface area contributed by atoms with Crippen LogP contribution in [0.3, 0.4) is 0 Å². The summed E-state index contributed by atoms with van der Waals surface area (Å²) in [7, 11) is -0.870. The molecule has 1 amide bonds. The van der Waals surface area contributed by atoms with Crippen molar-refractivity contribution in [2.24, 2.45) is 0 Å². The molecule has 3 aromatic rings. The van der Waals surface area contributed by atoms with Crippen LogP contribution < -0.4 is 11.1 Å². The number of amides is 1. The molecule has 10 nitrogen and oxygen atoms in total. The average molecular weight is 496 g/mol. The van der Waals surface area contributed by atoms with Gasteiger partial charge in [-0.25, -0.2) is 17.5 Å². The molecule has 1 N–H and O–H groups in total. The highest BCUT2D eigenvalue weighted by atomic mass is 35.5. The average Bonchev–Trinajstić information content (AvgIpc) is 3.06. The first-order chi connectivity index (χ1) is 15.5. The molecule has 2 aromatic carbocycles. The van der Waals surface area contributed by atoms with Crippen LogP contribution in [0, 0.1) is 0 Å². The number of nitrogens with one attached hydrogen (secondary N) is 1. The van der Waals surface area contributed by atoms with Gasteiger partial charge in [-0.05, 0) is 37.3 Å². The van der Waals surface area contributed by atoms with Gasteiger partial charge in [0.05, 0.1) is 16.8 Å². The van der Waals surface area contributed by atoms with Crippen LogP contribution in [-0.2, 0) is 30.9 Å². The van der Waals surface area contributed by atoms with E-state index >= 15 is 0 Å². The molecule has 1 atom stereocenters.